The number of esters is 1. The summed E-state index contributed by atoms with van der Waals surface area (Å²) in [5.41, 5.74) is -0.591. The zero-order valence-corrected chi connectivity index (χ0v) is 14.0. The molecule has 0 aromatic heterocycles. The summed E-state index contributed by atoms with van der Waals surface area (Å²) in [5.74, 6) is 1.63. The van der Waals surface area contributed by atoms with Crippen LogP contribution in [-0.4, -0.2) is 22.6 Å². The lowest BCUT2D eigenvalue weighted by Crippen LogP contribution is -2.54. The summed E-state index contributed by atoms with van der Waals surface area (Å²) in [5, 5.41) is 7.67. The Morgan fingerprint density at radius 1 is 1.30 bits per heavy atom. The molecule has 4 rings (SSSR count). The zero-order valence-electron chi connectivity index (χ0n) is 13.2. The molecule has 4 bridgehead atoms. The van der Waals surface area contributed by atoms with Crippen LogP contribution in [0.2, 0.25) is 0 Å². The van der Waals surface area contributed by atoms with Crippen LogP contribution in [0.3, 0.4) is 0 Å². The Labute approximate surface area is 138 Å². The SMILES string of the molecule is CC1C2CC3CC1CC(C(=O)OC(C)C(F)(F)SOOO)(C3)C2. The summed E-state index contributed by atoms with van der Waals surface area (Å²) in [6, 6.07) is 0. The van der Waals surface area contributed by atoms with Crippen molar-refractivity contribution < 1.29 is 32.9 Å². The van der Waals surface area contributed by atoms with Gasteiger partial charge in [0.2, 0.25) is 0 Å². The standard InChI is InChI=1S/C15H22F2O5S/c1-8-11-3-10-4-12(8)7-14(5-10,6-11)13(18)20-9(2)15(16,17)23-22-21-19/h8-12,19H,3-7H2,1-2H3. The molecule has 3 atom stereocenters. The van der Waals surface area contributed by atoms with E-state index in [2.05, 4.69) is 16.3 Å². The van der Waals surface area contributed by atoms with Gasteiger partial charge in [0.05, 0.1) is 5.41 Å². The molecule has 5 nitrogen and oxygen atoms in total. The first-order valence-electron chi connectivity index (χ1n) is 8.02. The van der Waals surface area contributed by atoms with Crippen molar-refractivity contribution in [3.05, 3.63) is 0 Å². The van der Waals surface area contributed by atoms with Gasteiger partial charge in [0.25, 0.3) is 0 Å². The molecule has 23 heavy (non-hydrogen) atoms. The fraction of sp³-hybridized carbons (Fsp3) is 0.933. The molecule has 132 valence electrons. The van der Waals surface area contributed by atoms with Gasteiger partial charge in [0, 0.05) is 0 Å². The number of carbonyl (C=O) groups excluding carboxylic acids is 1. The smallest absolute Gasteiger partial charge is 0.356 e. The van der Waals surface area contributed by atoms with Crippen LogP contribution in [0.5, 0.6) is 0 Å². The van der Waals surface area contributed by atoms with E-state index in [1.807, 2.05) is 0 Å². The average molecular weight is 352 g/mol. The molecule has 4 fully saturated rings. The van der Waals surface area contributed by atoms with Gasteiger partial charge in [-0.15, -0.1) is 4.33 Å². The number of carbonyl (C=O) groups is 1. The fourth-order valence-electron chi connectivity index (χ4n) is 5.01. The zero-order chi connectivity index (χ0) is 16.8. The van der Waals surface area contributed by atoms with Crippen molar-refractivity contribution in [2.75, 3.05) is 0 Å². The molecule has 4 aliphatic carbocycles. The first kappa shape index (κ1) is 17.4. The third-order valence-electron chi connectivity index (χ3n) is 6.11. The molecule has 0 aliphatic heterocycles. The van der Waals surface area contributed by atoms with Gasteiger partial charge in [0.15, 0.2) is 6.10 Å². The molecule has 0 radical (unpaired) electrons. The van der Waals surface area contributed by atoms with E-state index >= 15 is 0 Å². The van der Waals surface area contributed by atoms with Crippen LogP contribution < -0.4 is 0 Å². The molecule has 0 spiro atoms. The second-order valence-corrected chi connectivity index (χ2v) is 8.29. The lowest BCUT2D eigenvalue weighted by molar-refractivity contribution is -0.433. The molecule has 0 aromatic rings. The van der Waals surface area contributed by atoms with E-state index in [4.69, 9.17) is 9.99 Å². The van der Waals surface area contributed by atoms with Crippen LogP contribution >= 0.6 is 12.0 Å². The van der Waals surface area contributed by atoms with Crippen molar-refractivity contribution in [3.8, 4) is 0 Å². The Balaban J connectivity index is 1.67. The molecule has 8 heteroatoms. The Bertz CT molecular complexity index is 459. The van der Waals surface area contributed by atoms with Crippen LogP contribution in [0.25, 0.3) is 0 Å². The van der Waals surface area contributed by atoms with Crippen molar-refractivity contribution in [2.24, 2.45) is 29.1 Å². The Morgan fingerprint density at radius 2 is 1.91 bits per heavy atom. The van der Waals surface area contributed by atoms with Crippen LogP contribution in [0.4, 0.5) is 8.78 Å². The molecule has 1 N–H and O–H groups in total. The van der Waals surface area contributed by atoms with E-state index in [9.17, 15) is 13.6 Å². The molecule has 0 amide bonds. The Kier molecular flexibility index (Phi) is 4.63. The summed E-state index contributed by atoms with van der Waals surface area (Å²) < 4.78 is 36.4. The number of ether oxygens (including phenoxy) is 1. The summed E-state index contributed by atoms with van der Waals surface area (Å²) in [7, 11) is 0. The first-order valence-corrected chi connectivity index (χ1v) is 8.76. The maximum absolute atomic E-state index is 13.8. The number of hydrogen-bond donors (Lipinski definition) is 1. The third kappa shape index (κ3) is 3.10. The Hall–Kier alpha value is -0.440. The molecule has 4 saturated carbocycles. The quantitative estimate of drug-likeness (QED) is 0.337. The normalized spacial score (nSPS) is 40.2. The molecular weight excluding hydrogens is 330 g/mol. The number of rotatable bonds is 6. The van der Waals surface area contributed by atoms with Crippen molar-refractivity contribution in [1.29, 1.82) is 0 Å². The maximum Gasteiger partial charge on any atom is 0.356 e. The molecular formula is C15H22F2O5S. The molecule has 3 unspecified atom stereocenters. The van der Waals surface area contributed by atoms with Crippen molar-refractivity contribution in [2.45, 2.75) is 57.3 Å². The van der Waals surface area contributed by atoms with Gasteiger partial charge in [-0.05, 0) is 62.7 Å². The Morgan fingerprint density at radius 3 is 2.48 bits per heavy atom. The average Bonchev–Trinajstić information content (AvgIpc) is 2.49. The topological polar surface area (TPSA) is 65.0 Å². The van der Waals surface area contributed by atoms with E-state index in [-0.39, 0.29) is 12.0 Å². The first-order chi connectivity index (χ1) is 10.8. The predicted octanol–water partition coefficient (Wildman–Crippen LogP) is 4.04. The summed E-state index contributed by atoms with van der Waals surface area (Å²) >= 11 is -0.377. The van der Waals surface area contributed by atoms with E-state index in [0.29, 0.717) is 23.7 Å². The molecule has 4 aliphatic rings. The van der Waals surface area contributed by atoms with Gasteiger partial charge in [0.1, 0.15) is 12.0 Å². The lowest BCUT2D eigenvalue weighted by atomic mass is 9.46. The van der Waals surface area contributed by atoms with Crippen molar-refractivity contribution >= 4 is 18.0 Å². The van der Waals surface area contributed by atoms with Crippen molar-refractivity contribution in [1.82, 2.24) is 0 Å². The lowest BCUT2D eigenvalue weighted by Gasteiger charge is -2.58. The maximum atomic E-state index is 13.8. The van der Waals surface area contributed by atoms with Gasteiger partial charge < -0.3 is 4.74 Å². The highest BCUT2D eigenvalue weighted by Crippen LogP contribution is 2.62. The van der Waals surface area contributed by atoms with Crippen LogP contribution in [0.1, 0.15) is 46.0 Å². The highest BCUT2D eigenvalue weighted by atomic mass is 32.2. The van der Waals surface area contributed by atoms with Gasteiger partial charge in [-0.1, -0.05) is 12.0 Å². The van der Waals surface area contributed by atoms with Gasteiger partial charge in [-0.25, -0.2) is 5.26 Å². The third-order valence-corrected chi connectivity index (χ3v) is 6.79. The second-order valence-electron chi connectivity index (χ2n) is 7.44. The van der Waals surface area contributed by atoms with E-state index in [1.54, 1.807) is 0 Å². The number of hydrogen-bond acceptors (Lipinski definition) is 6. The van der Waals surface area contributed by atoms with E-state index in [1.165, 1.54) is 0 Å². The van der Waals surface area contributed by atoms with Crippen LogP contribution in [0, 0.1) is 29.1 Å². The minimum atomic E-state index is -3.51. The monoisotopic (exact) mass is 352 g/mol. The highest BCUT2D eigenvalue weighted by molar-refractivity contribution is 7.95. The second kappa shape index (κ2) is 6.13. The summed E-state index contributed by atoms with van der Waals surface area (Å²) in [4.78, 5) is 12.6. The molecule has 0 heterocycles. The van der Waals surface area contributed by atoms with Crippen LogP contribution in [0.15, 0.2) is 0 Å². The van der Waals surface area contributed by atoms with Crippen molar-refractivity contribution in [3.63, 3.8) is 0 Å². The van der Waals surface area contributed by atoms with Gasteiger partial charge in [-0.2, -0.15) is 8.78 Å². The van der Waals surface area contributed by atoms with Crippen LogP contribution in [-0.2, 0) is 18.9 Å². The van der Waals surface area contributed by atoms with Gasteiger partial charge >= 0.3 is 11.2 Å². The number of alkyl halides is 2. The summed E-state index contributed by atoms with van der Waals surface area (Å²) in [6.45, 7) is 3.36. The molecule has 0 saturated heterocycles. The van der Waals surface area contributed by atoms with Gasteiger partial charge in [-0.3, -0.25) is 4.79 Å². The highest BCUT2D eigenvalue weighted by Gasteiger charge is 2.58. The molecule has 0 aromatic carbocycles. The largest absolute Gasteiger partial charge is 0.455 e. The predicted molar refractivity (Wildman–Crippen MR) is 78.0 cm³/mol. The van der Waals surface area contributed by atoms with E-state index < -0.39 is 22.7 Å². The minimum Gasteiger partial charge on any atom is -0.455 e. The van der Waals surface area contributed by atoms with E-state index in [0.717, 1.165) is 39.0 Å². The minimum absolute atomic E-state index is 0.377. The number of halogens is 2. The summed E-state index contributed by atoms with van der Waals surface area (Å²) in [6.07, 6.45) is 2.89. The fourth-order valence-corrected chi connectivity index (χ4v) is 5.32.